The van der Waals surface area contributed by atoms with E-state index in [0.29, 0.717) is 33.7 Å². The van der Waals surface area contributed by atoms with Gasteiger partial charge in [0.2, 0.25) is 5.88 Å². The van der Waals surface area contributed by atoms with Crippen molar-refractivity contribution in [3.05, 3.63) is 77.7 Å². The van der Waals surface area contributed by atoms with Gasteiger partial charge in [-0.15, -0.1) is 15.3 Å². The number of hydrogen-bond donors (Lipinski definition) is 2. The SMILES string of the molecule is Cc1[nH]c2ccccc2c1C(=O)C(=O)NCCOc1ccc2nnc(-c3ccc(F)cc3)n2n1. The van der Waals surface area contributed by atoms with Crippen molar-refractivity contribution < 1.29 is 18.7 Å². The molecule has 0 fully saturated rings. The van der Waals surface area contributed by atoms with Crippen molar-refractivity contribution in [2.75, 3.05) is 13.2 Å². The molecule has 5 rings (SSSR count). The molecule has 34 heavy (non-hydrogen) atoms. The van der Waals surface area contributed by atoms with Crippen molar-refractivity contribution in [2.24, 2.45) is 0 Å². The van der Waals surface area contributed by atoms with E-state index < -0.39 is 11.7 Å². The summed E-state index contributed by atoms with van der Waals surface area (Å²) in [5, 5.41) is 15.8. The highest BCUT2D eigenvalue weighted by molar-refractivity contribution is 6.45. The van der Waals surface area contributed by atoms with Gasteiger partial charge in [-0.25, -0.2) is 4.39 Å². The Labute approximate surface area is 192 Å². The molecule has 0 unspecified atom stereocenters. The summed E-state index contributed by atoms with van der Waals surface area (Å²) >= 11 is 0. The number of amides is 1. The molecule has 0 radical (unpaired) electrons. The number of carbonyl (C=O) groups excluding carboxylic acids is 2. The average Bonchev–Trinajstić information content (AvgIpc) is 3.41. The van der Waals surface area contributed by atoms with Gasteiger partial charge in [-0.2, -0.15) is 4.52 Å². The average molecular weight is 458 g/mol. The number of nitrogens with one attached hydrogen (secondary N) is 2. The Bertz CT molecular complexity index is 1520. The summed E-state index contributed by atoms with van der Waals surface area (Å²) in [6.07, 6.45) is 0. The van der Waals surface area contributed by atoms with E-state index in [1.54, 1.807) is 37.3 Å². The Morgan fingerprint density at radius 2 is 1.85 bits per heavy atom. The first-order chi connectivity index (χ1) is 16.5. The van der Waals surface area contributed by atoms with Crippen LogP contribution in [0, 0.1) is 12.7 Å². The van der Waals surface area contributed by atoms with E-state index in [1.807, 2.05) is 18.2 Å². The Morgan fingerprint density at radius 3 is 2.68 bits per heavy atom. The largest absolute Gasteiger partial charge is 0.475 e. The number of ether oxygens (including phenoxy) is 1. The molecular formula is C24H19FN6O3. The van der Waals surface area contributed by atoms with Crippen LogP contribution in [-0.4, -0.2) is 49.6 Å². The fourth-order valence-corrected chi connectivity index (χ4v) is 3.71. The number of Topliss-reactive ketones (excluding diaryl/α,β-unsaturated/α-hetero) is 1. The third-order valence-electron chi connectivity index (χ3n) is 5.31. The molecule has 5 aromatic rings. The molecular weight excluding hydrogens is 439 g/mol. The number of carbonyl (C=O) groups is 2. The van der Waals surface area contributed by atoms with Gasteiger partial charge in [0.05, 0.1) is 12.1 Å². The van der Waals surface area contributed by atoms with Crippen molar-refractivity contribution in [1.29, 1.82) is 0 Å². The maximum Gasteiger partial charge on any atom is 0.292 e. The molecule has 170 valence electrons. The number of hydrogen-bond acceptors (Lipinski definition) is 6. The molecule has 0 spiro atoms. The first kappa shape index (κ1) is 21.3. The van der Waals surface area contributed by atoms with Crippen LogP contribution >= 0.6 is 0 Å². The van der Waals surface area contributed by atoms with E-state index in [1.165, 1.54) is 16.6 Å². The molecule has 0 bridgehead atoms. The first-order valence-electron chi connectivity index (χ1n) is 10.5. The molecule has 0 aliphatic carbocycles. The van der Waals surface area contributed by atoms with Crippen molar-refractivity contribution in [3.8, 4) is 17.3 Å². The van der Waals surface area contributed by atoms with Crippen LogP contribution in [0.25, 0.3) is 27.9 Å². The van der Waals surface area contributed by atoms with Gasteiger partial charge in [-0.05, 0) is 43.3 Å². The van der Waals surface area contributed by atoms with Gasteiger partial charge in [0, 0.05) is 28.2 Å². The van der Waals surface area contributed by atoms with Crippen LogP contribution in [0.4, 0.5) is 4.39 Å². The summed E-state index contributed by atoms with van der Waals surface area (Å²) < 4.78 is 20.3. The normalized spacial score (nSPS) is 11.1. The number of halogens is 1. The lowest BCUT2D eigenvalue weighted by molar-refractivity contribution is -0.117. The summed E-state index contributed by atoms with van der Waals surface area (Å²) in [6.45, 7) is 1.97. The molecule has 2 N–H and O–H groups in total. The molecule has 3 aromatic heterocycles. The standard InChI is InChI=1S/C24H19FN6O3/c1-14-21(17-4-2-3-5-18(17)27-14)22(32)24(33)26-12-13-34-20-11-10-19-28-29-23(31(19)30-20)15-6-8-16(25)9-7-15/h2-11,27H,12-13H2,1H3,(H,26,33). The second-order valence-corrected chi connectivity index (χ2v) is 7.58. The fourth-order valence-electron chi connectivity index (χ4n) is 3.71. The number of para-hydroxylation sites is 1. The highest BCUT2D eigenvalue weighted by Crippen LogP contribution is 2.22. The zero-order valence-corrected chi connectivity index (χ0v) is 18.1. The zero-order valence-electron chi connectivity index (χ0n) is 18.1. The molecule has 1 amide bonds. The molecule has 2 aromatic carbocycles. The van der Waals surface area contributed by atoms with E-state index in [0.717, 1.165) is 5.52 Å². The predicted molar refractivity (Wildman–Crippen MR) is 122 cm³/mol. The van der Waals surface area contributed by atoms with E-state index >= 15 is 0 Å². The van der Waals surface area contributed by atoms with E-state index in [2.05, 4.69) is 25.6 Å². The smallest absolute Gasteiger partial charge is 0.292 e. The van der Waals surface area contributed by atoms with Crippen molar-refractivity contribution in [2.45, 2.75) is 6.92 Å². The number of benzene rings is 2. The van der Waals surface area contributed by atoms with Gasteiger partial charge in [0.15, 0.2) is 11.5 Å². The minimum atomic E-state index is -0.711. The number of aryl methyl sites for hydroxylation is 1. The monoisotopic (exact) mass is 458 g/mol. The summed E-state index contributed by atoms with van der Waals surface area (Å²) in [6, 6.07) is 16.5. The highest BCUT2D eigenvalue weighted by Gasteiger charge is 2.22. The van der Waals surface area contributed by atoms with E-state index in [-0.39, 0.29) is 24.8 Å². The minimum Gasteiger partial charge on any atom is -0.475 e. The lowest BCUT2D eigenvalue weighted by Crippen LogP contribution is -2.34. The fraction of sp³-hybridized carbons (Fsp3) is 0.125. The molecule has 9 nitrogen and oxygen atoms in total. The lowest BCUT2D eigenvalue weighted by Gasteiger charge is -2.07. The third kappa shape index (κ3) is 3.96. The second kappa shape index (κ2) is 8.74. The number of rotatable bonds is 7. The van der Waals surface area contributed by atoms with Gasteiger partial charge >= 0.3 is 0 Å². The van der Waals surface area contributed by atoms with Crippen molar-refractivity contribution >= 4 is 28.2 Å². The van der Waals surface area contributed by atoms with Crippen LogP contribution in [0.2, 0.25) is 0 Å². The van der Waals surface area contributed by atoms with Gasteiger partial charge < -0.3 is 15.0 Å². The van der Waals surface area contributed by atoms with Crippen LogP contribution in [0.3, 0.4) is 0 Å². The van der Waals surface area contributed by atoms with Crippen LogP contribution in [0.15, 0.2) is 60.7 Å². The zero-order chi connectivity index (χ0) is 23.7. The van der Waals surface area contributed by atoms with Gasteiger partial charge in [-0.3, -0.25) is 9.59 Å². The van der Waals surface area contributed by atoms with Crippen molar-refractivity contribution in [3.63, 3.8) is 0 Å². The number of H-pyrrole nitrogens is 1. The van der Waals surface area contributed by atoms with E-state index in [4.69, 9.17) is 4.74 Å². The van der Waals surface area contributed by atoms with Crippen LogP contribution in [-0.2, 0) is 4.79 Å². The topological polar surface area (TPSA) is 114 Å². The summed E-state index contributed by atoms with van der Waals surface area (Å²) in [5.74, 6) is -0.952. The number of aromatic amines is 1. The Kier molecular flexibility index (Phi) is 5.46. The predicted octanol–water partition coefficient (Wildman–Crippen LogP) is 3.10. The number of ketones is 1. The molecule has 0 saturated heterocycles. The Morgan fingerprint density at radius 1 is 1.06 bits per heavy atom. The number of fused-ring (bicyclic) bond motifs is 2. The third-order valence-corrected chi connectivity index (χ3v) is 5.31. The van der Waals surface area contributed by atoms with Gasteiger partial charge in [0.1, 0.15) is 12.4 Å². The number of nitrogens with zero attached hydrogens (tertiary/aromatic N) is 4. The Balaban J connectivity index is 1.23. The quantitative estimate of drug-likeness (QED) is 0.220. The molecule has 0 aliphatic heterocycles. The summed E-state index contributed by atoms with van der Waals surface area (Å²) in [7, 11) is 0. The lowest BCUT2D eigenvalue weighted by atomic mass is 10.1. The second-order valence-electron chi connectivity index (χ2n) is 7.58. The van der Waals surface area contributed by atoms with Crippen LogP contribution < -0.4 is 10.1 Å². The Hall–Kier alpha value is -4.60. The molecule has 0 aliphatic rings. The van der Waals surface area contributed by atoms with Crippen LogP contribution in [0.1, 0.15) is 16.1 Å². The van der Waals surface area contributed by atoms with E-state index in [9.17, 15) is 14.0 Å². The molecule has 10 heteroatoms. The maximum absolute atomic E-state index is 13.2. The minimum absolute atomic E-state index is 0.0956. The summed E-state index contributed by atoms with van der Waals surface area (Å²) in [4.78, 5) is 28.2. The molecule has 0 saturated carbocycles. The molecule has 0 atom stereocenters. The van der Waals surface area contributed by atoms with Crippen LogP contribution in [0.5, 0.6) is 5.88 Å². The van der Waals surface area contributed by atoms with Gasteiger partial charge in [-0.1, -0.05) is 18.2 Å². The first-order valence-corrected chi connectivity index (χ1v) is 10.5. The molecule has 3 heterocycles. The van der Waals surface area contributed by atoms with Crippen molar-refractivity contribution in [1.82, 2.24) is 30.1 Å². The number of aromatic nitrogens is 5. The maximum atomic E-state index is 13.2. The van der Waals surface area contributed by atoms with Gasteiger partial charge in [0.25, 0.3) is 11.7 Å². The summed E-state index contributed by atoms with van der Waals surface area (Å²) in [5.41, 5.74) is 2.95. The highest BCUT2D eigenvalue weighted by atomic mass is 19.1.